The molecule has 1 atom stereocenters. The number of hydrogen-bond donors (Lipinski definition) is 1. The Labute approximate surface area is 186 Å². The lowest BCUT2D eigenvalue weighted by Crippen LogP contribution is -2.35. The van der Waals surface area contributed by atoms with Gasteiger partial charge >= 0.3 is 0 Å². The Morgan fingerprint density at radius 2 is 1.93 bits per heavy atom. The Bertz CT molecular complexity index is 990. The lowest BCUT2D eigenvalue weighted by atomic mass is 10.1. The van der Waals surface area contributed by atoms with E-state index in [1.165, 1.54) is 11.3 Å². The van der Waals surface area contributed by atoms with Gasteiger partial charge in [-0.1, -0.05) is 41.9 Å². The summed E-state index contributed by atoms with van der Waals surface area (Å²) in [5.74, 6) is 0.739. The minimum absolute atomic E-state index is 0.00767. The summed E-state index contributed by atoms with van der Waals surface area (Å²) in [4.78, 5) is 19.2. The molecule has 7 heteroatoms. The van der Waals surface area contributed by atoms with Gasteiger partial charge in [-0.15, -0.1) is 11.3 Å². The summed E-state index contributed by atoms with van der Waals surface area (Å²) < 4.78 is 5.69. The highest BCUT2D eigenvalue weighted by atomic mass is 35.5. The van der Waals surface area contributed by atoms with Gasteiger partial charge in [-0.2, -0.15) is 0 Å². The molecular formula is C23H26ClN3O2S. The molecular weight excluding hydrogens is 418 g/mol. The number of likely N-dealkylation sites (N-methyl/N-ethyl adjacent to an activating group) is 1. The van der Waals surface area contributed by atoms with Crippen LogP contribution in [0.25, 0.3) is 10.6 Å². The van der Waals surface area contributed by atoms with Crippen molar-refractivity contribution >= 4 is 28.8 Å². The van der Waals surface area contributed by atoms with Crippen molar-refractivity contribution in [2.75, 3.05) is 27.2 Å². The molecule has 30 heavy (non-hydrogen) atoms. The molecule has 0 bridgehead atoms. The number of carbonyl (C=O) groups is 1. The summed E-state index contributed by atoms with van der Waals surface area (Å²) in [6.07, 6.45) is 0.232. The number of hydrogen-bond acceptors (Lipinski definition) is 5. The van der Waals surface area contributed by atoms with Gasteiger partial charge in [0.05, 0.1) is 30.3 Å². The summed E-state index contributed by atoms with van der Waals surface area (Å²) >= 11 is 7.86. The number of nitrogens with one attached hydrogen (secondary N) is 1. The highest BCUT2D eigenvalue weighted by Crippen LogP contribution is 2.32. The van der Waals surface area contributed by atoms with Gasteiger partial charge in [0.25, 0.3) is 0 Å². The summed E-state index contributed by atoms with van der Waals surface area (Å²) in [6.45, 7) is 3.02. The first kappa shape index (κ1) is 22.3. The van der Waals surface area contributed by atoms with Crippen LogP contribution in [-0.4, -0.2) is 43.0 Å². The second kappa shape index (κ2) is 10.6. The average molecular weight is 444 g/mol. The third-order valence-electron chi connectivity index (χ3n) is 4.69. The van der Waals surface area contributed by atoms with E-state index in [1.807, 2.05) is 79.8 Å². The highest BCUT2D eigenvalue weighted by molar-refractivity contribution is 7.13. The average Bonchev–Trinajstić information content (AvgIpc) is 3.18. The maximum Gasteiger partial charge on any atom is 0.226 e. The minimum atomic E-state index is -0.0659. The normalized spacial score (nSPS) is 12.0. The van der Waals surface area contributed by atoms with Crippen molar-refractivity contribution in [3.8, 4) is 16.3 Å². The third kappa shape index (κ3) is 5.59. The predicted molar refractivity (Wildman–Crippen MR) is 123 cm³/mol. The van der Waals surface area contributed by atoms with Gasteiger partial charge < -0.3 is 15.0 Å². The molecule has 0 radical (unpaired) electrons. The van der Waals surface area contributed by atoms with E-state index < -0.39 is 0 Å². The fourth-order valence-electron chi connectivity index (χ4n) is 3.19. The van der Waals surface area contributed by atoms with Crippen LogP contribution >= 0.6 is 22.9 Å². The maximum atomic E-state index is 12.5. The van der Waals surface area contributed by atoms with Gasteiger partial charge in [0, 0.05) is 16.9 Å². The fraction of sp³-hybridized carbons (Fsp3) is 0.304. The molecule has 0 saturated heterocycles. The van der Waals surface area contributed by atoms with E-state index >= 15 is 0 Å². The number of nitrogens with zero attached hydrogens (tertiary/aromatic N) is 2. The molecule has 1 heterocycles. The van der Waals surface area contributed by atoms with Crippen LogP contribution in [0.4, 0.5) is 0 Å². The zero-order valence-electron chi connectivity index (χ0n) is 17.4. The topological polar surface area (TPSA) is 54.5 Å². The predicted octanol–water partition coefficient (Wildman–Crippen LogP) is 4.82. The Hall–Kier alpha value is -2.41. The largest absolute Gasteiger partial charge is 0.493 e. The summed E-state index contributed by atoms with van der Waals surface area (Å²) in [7, 11) is 3.95. The molecule has 3 aromatic rings. The summed E-state index contributed by atoms with van der Waals surface area (Å²) in [5.41, 5.74) is 2.69. The van der Waals surface area contributed by atoms with Crippen LogP contribution in [0.3, 0.4) is 0 Å². The van der Waals surface area contributed by atoms with Crippen molar-refractivity contribution in [1.29, 1.82) is 0 Å². The Balaban J connectivity index is 1.64. The first-order valence-electron chi connectivity index (χ1n) is 9.83. The number of amides is 1. The summed E-state index contributed by atoms with van der Waals surface area (Å²) in [6, 6.07) is 15.5. The SMILES string of the molecule is CCOc1ccccc1-c1nc(CC(=O)NCC(c2ccccc2Cl)N(C)C)cs1. The molecule has 5 nitrogen and oxygen atoms in total. The van der Waals surface area contributed by atoms with E-state index in [9.17, 15) is 4.79 Å². The zero-order chi connectivity index (χ0) is 21.5. The molecule has 0 aliphatic rings. The van der Waals surface area contributed by atoms with E-state index in [-0.39, 0.29) is 18.4 Å². The van der Waals surface area contributed by atoms with Crippen LogP contribution in [0.15, 0.2) is 53.9 Å². The van der Waals surface area contributed by atoms with E-state index in [0.29, 0.717) is 18.2 Å². The van der Waals surface area contributed by atoms with Crippen molar-refractivity contribution in [3.05, 3.63) is 70.2 Å². The van der Waals surface area contributed by atoms with Crippen LogP contribution in [-0.2, 0) is 11.2 Å². The van der Waals surface area contributed by atoms with Gasteiger partial charge in [0.1, 0.15) is 10.8 Å². The molecule has 0 aliphatic heterocycles. The lowest BCUT2D eigenvalue weighted by Gasteiger charge is -2.26. The van der Waals surface area contributed by atoms with Gasteiger partial charge in [0.2, 0.25) is 5.91 Å². The van der Waals surface area contributed by atoms with E-state index in [4.69, 9.17) is 16.3 Å². The smallest absolute Gasteiger partial charge is 0.226 e. The first-order chi connectivity index (χ1) is 14.5. The standard InChI is InChI=1S/C23H26ClN3O2S/c1-4-29-21-12-8-6-10-18(21)23-26-16(15-30-23)13-22(28)25-14-20(27(2)3)17-9-5-7-11-19(17)24/h5-12,15,20H,4,13-14H2,1-3H3,(H,25,28). The van der Waals surface area contributed by atoms with Crippen LogP contribution < -0.4 is 10.1 Å². The number of rotatable bonds is 9. The second-order valence-electron chi connectivity index (χ2n) is 7.05. The fourth-order valence-corrected chi connectivity index (χ4v) is 4.30. The molecule has 0 aliphatic carbocycles. The van der Waals surface area contributed by atoms with Crippen LogP contribution in [0, 0.1) is 0 Å². The quantitative estimate of drug-likeness (QED) is 0.515. The van der Waals surface area contributed by atoms with Crippen LogP contribution in [0.2, 0.25) is 5.02 Å². The number of thiazole rings is 1. The number of ether oxygens (including phenoxy) is 1. The van der Waals surface area contributed by atoms with Crippen LogP contribution in [0.1, 0.15) is 24.2 Å². The van der Waals surface area contributed by atoms with Crippen molar-refractivity contribution < 1.29 is 9.53 Å². The molecule has 0 fully saturated rings. The van der Waals surface area contributed by atoms with Crippen molar-refractivity contribution in [2.45, 2.75) is 19.4 Å². The van der Waals surface area contributed by atoms with Gasteiger partial charge in [-0.3, -0.25) is 4.79 Å². The first-order valence-corrected chi connectivity index (χ1v) is 11.1. The van der Waals surface area contributed by atoms with Crippen molar-refractivity contribution in [2.24, 2.45) is 0 Å². The monoisotopic (exact) mass is 443 g/mol. The highest BCUT2D eigenvalue weighted by Gasteiger charge is 2.18. The lowest BCUT2D eigenvalue weighted by molar-refractivity contribution is -0.120. The zero-order valence-corrected chi connectivity index (χ0v) is 19.0. The molecule has 2 aromatic carbocycles. The van der Waals surface area contributed by atoms with E-state index in [1.54, 1.807) is 0 Å². The molecule has 1 aromatic heterocycles. The molecule has 0 spiro atoms. The molecule has 1 unspecified atom stereocenters. The number of benzene rings is 2. The van der Waals surface area contributed by atoms with Crippen molar-refractivity contribution in [3.63, 3.8) is 0 Å². The number of carbonyl (C=O) groups excluding carboxylic acids is 1. The third-order valence-corrected chi connectivity index (χ3v) is 5.96. The molecule has 158 valence electrons. The van der Waals surface area contributed by atoms with E-state index in [2.05, 4.69) is 10.3 Å². The maximum absolute atomic E-state index is 12.5. The Morgan fingerprint density at radius 1 is 1.20 bits per heavy atom. The molecule has 1 amide bonds. The van der Waals surface area contributed by atoms with E-state index in [0.717, 1.165) is 27.6 Å². The van der Waals surface area contributed by atoms with Gasteiger partial charge in [-0.25, -0.2) is 4.98 Å². The number of halogens is 1. The van der Waals surface area contributed by atoms with Gasteiger partial charge in [0.15, 0.2) is 0 Å². The minimum Gasteiger partial charge on any atom is -0.493 e. The number of para-hydroxylation sites is 1. The summed E-state index contributed by atoms with van der Waals surface area (Å²) in [5, 5.41) is 6.49. The van der Waals surface area contributed by atoms with Gasteiger partial charge in [-0.05, 0) is 44.8 Å². The van der Waals surface area contributed by atoms with Crippen molar-refractivity contribution in [1.82, 2.24) is 15.2 Å². The number of aromatic nitrogens is 1. The Morgan fingerprint density at radius 3 is 2.67 bits per heavy atom. The molecule has 3 rings (SSSR count). The second-order valence-corrected chi connectivity index (χ2v) is 8.32. The Kier molecular flexibility index (Phi) is 7.85. The molecule has 1 N–H and O–H groups in total. The van der Waals surface area contributed by atoms with Crippen LogP contribution in [0.5, 0.6) is 5.75 Å². The molecule has 0 saturated carbocycles.